The van der Waals surface area contributed by atoms with Gasteiger partial charge in [0, 0.05) is 13.1 Å². The predicted octanol–water partition coefficient (Wildman–Crippen LogP) is 4.97. The van der Waals surface area contributed by atoms with Crippen molar-refractivity contribution < 1.29 is 22.7 Å². The smallest absolute Gasteiger partial charge is 0.343 e. The summed E-state index contributed by atoms with van der Waals surface area (Å²) < 4.78 is 38.7. The second-order valence-corrected chi connectivity index (χ2v) is 10.0. The van der Waals surface area contributed by atoms with Crippen LogP contribution in [0.15, 0.2) is 77.7 Å². The van der Waals surface area contributed by atoms with E-state index in [4.69, 9.17) is 9.47 Å². The quantitative estimate of drug-likeness (QED) is 0.364. The molecule has 0 radical (unpaired) electrons. The number of esters is 1. The van der Waals surface area contributed by atoms with E-state index in [1.54, 1.807) is 43.3 Å². The molecule has 7 heteroatoms. The molecular formula is C26H27NO5S. The van der Waals surface area contributed by atoms with Crippen LogP contribution >= 0.6 is 0 Å². The van der Waals surface area contributed by atoms with E-state index in [2.05, 4.69) is 0 Å². The van der Waals surface area contributed by atoms with Gasteiger partial charge in [0.15, 0.2) is 0 Å². The molecule has 0 aromatic heterocycles. The number of carbonyl (C=O) groups excluding carboxylic acids is 1. The van der Waals surface area contributed by atoms with Crippen LogP contribution < -0.4 is 9.47 Å². The zero-order valence-electron chi connectivity index (χ0n) is 18.6. The third-order valence-corrected chi connectivity index (χ3v) is 7.56. The van der Waals surface area contributed by atoms with E-state index in [0.29, 0.717) is 36.8 Å². The monoisotopic (exact) mass is 465 g/mol. The van der Waals surface area contributed by atoms with E-state index >= 15 is 0 Å². The number of ether oxygens (including phenoxy) is 2. The van der Waals surface area contributed by atoms with Crippen LogP contribution in [0.25, 0.3) is 0 Å². The lowest BCUT2D eigenvalue weighted by Crippen LogP contribution is -2.35. The molecule has 1 aliphatic heterocycles. The van der Waals surface area contributed by atoms with Crippen LogP contribution in [0.5, 0.6) is 11.5 Å². The van der Waals surface area contributed by atoms with Gasteiger partial charge in [-0.1, -0.05) is 42.8 Å². The van der Waals surface area contributed by atoms with Gasteiger partial charge >= 0.3 is 5.97 Å². The largest absolute Gasteiger partial charge is 0.489 e. The first-order chi connectivity index (χ1) is 15.9. The Balaban J connectivity index is 1.44. The lowest BCUT2D eigenvalue weighted by Gasteiger charge is -2.26. The van der Waals surface area contributed by atoms with Crippen LogP contribution in [0.3, 0.4) is 0 Å². The van der Waals surface area contributed by atoms with Crippen molar-refractivity contribution in [1.82, 2.24) is 4.31 Å². The minimum absolute atomic E-state index is 0.117. The van der Waals surface area contributed by atoms with Crippen molar-refractivity contribution in [3.63, 3.8) is 0 Å². The molecule has 0 aliphatic carbocycles. The average molecular weight is 466 g/mol. The van der Waals surface area contributed by atoms with Crippen molar-refractivity contribution in [3.8, 4) is 11.5 Å². The SMILES string of the molecule is Cc1ccc(S(=O)(=O)N2CCCCC2)cc1C(=O)Oc1ccc(OCc2ccccc2)cc1. The lowest BCUT2D eigenvalue weighted by molar-refractivity contribution is 0.0733. The number of sulfonamides is 1. The van der Waals surface area contributed by atoms with Crippen LogP contribution in [0.4, 0.5) is 0 Å². The summed E-state index contributed by atoms with van der Waals surface area (Å²) in [5.74, 6) is 0.418. The first kappa shape index (κ1) is 23.0. The highest BCUT2D eigenvalue weighted by Gasteiger charge is 2.27. The molecule has 0 unspecified atom stereocenters. The molecule has 1 heterocycles. The van der Waals surface area contributed by atoms with Crippen LogP contribution in [-0.2, 0) is 16.6 Å². The number of hydrogen-bond donors (Lipinski definition) is 0. The maximum Gasteiger partial charge on any atom is 0.343 e. The number of hydrogen-bond acceptors (Lipinski definition) is 5. The number of rotatable bonds is 7. The summed E-state index contributed by atoms with van der Waals surface area (Å²) >= 11 is 0. The van der Waals surface area contributed by atoms with Gasteiger partial charge in [-0.25, -0.2) is 13.2 Å². The van der Waals surface area contributed by atoms with Crippen molar-refractivity contribution in [2.75, 3.05) is 13.1 Å². The third kappa shape index (κ3) is 5.61. The minimum atomic E-state index is -3.63. The molecule has 0 N–H and O–H groups in total. The molecule has 0 saturated carbocycles. The van der Waals surface area contributed by atoms with Crippen molar-refractivity contribution in [3.05, 3.63) is 89.5 Å². The minimum Gasteiger partial charge on any atom is -0.489 e. The fourth-order valence-electron chi connectivity index (χ4n) is 3.74. The zero-order valence-corrected chi connectivity index (χ0v) is 19.4. The number of aryl methyl sites for hydroxylation is 1. The van der Waals surface area contributed by atoms with E-state index < -0.39 is 16.0 Å². The first-order valence-corrected chi connectivity index (χ1v) is 12.5. The van der Waals surface area contributed by atoms with E-state index in [0.717, 1.165) is 24.8 Å². The summed E-state index contributed by atoms with van der Waals surface area (Å²) in [6.45, 7) is 3.22. The Morgan fingerprint density at radius 3 is 2.24 bits per heavy atom. The zero-order chi connectivity index (χ0) is 23.3. The molecule has 0 atom stereocenters. The van der Waals surface area contributed by atoms with Crippen LogP contribution in [0.1, 0.15) is 40.7 Å². The number of piperidine rings is 1. The number of nitrogens with zero attached hydrogens (tertiary/aromatic N) is 1. The Bertz CT molecular complexity index is 1200. The summed E-state index contributed by atoms with van der Waals surface area (Å²) in [5.41, 5.74) is 1.95. The maximum atomic E-state index is 13.0. The molecular weight excluding hydrogens is 438 g/mol. The molecule has 0 spiro atoms. The molecule has 172 valence electrons. The van der Waals surface area contributed by atoms with Crippen LogP contribution in [0.2, 0.25) is 0 Å². The van der Waals surface area contributed by atoms with E-state index in [9.17, 15) is 13.2 Å². The summed E-state index contributed by atoms with van der Waals surface area (Å²) in [6, 6.07) is 21.2. The molecule has 4 rings (SSSR count). The van der Waals surface area contributed by atoms with Crippen molar-refractivity contribution in [2.24, 2.45) is 0 Å². The average Bonchev–Trinajstić information content (AvgIpc) is 2.85. The van der Waals surface area contributed by atoms with Gasteiger partial charge < -0.3 is 9.47 Å². The molecule has 33 heavy (non-hydrogen) atoms. The second kappa shape index (κ2) is 10.2. The van der Waals surface area contributed by atoms with Gasteiger partial charge in [0.1, 0.15) is 18.1 Å². The first-order valence-electron chi connectivity index (χ1n) is 11.0. The topological polar surface area (TPSA) is 72.9 Å². The highest BCUT2D eigenvalue weighted by atomic mass is 32.2. The normalized spacial score (nSPS) is 14.6. The van der Waals surface area contributed by atoms with Gasteiger partial charge in [-0.2, -0.15) is 4.31 Å². The summed E-state index contributed by atoms with van der Waals surface area (Å²) in [4.78, 5) is 12.9. The second-order valence-electron chi connectivity index (χ2n) is 8.08. The Kier molecular flexibility index (Phi) is 7.11. The number of carbonyl (C=O) groups is 1. The van der Waals surface area contributed by atoms with Crippen molar-refractivity contribution in [1.29, 1.82) is 0 Å². The third-order valence-electron chi connectivity index (χ3n) is 5.66. The van der Waals surface area contributed by atoms with Gasteiger partial charge in [0.2, 0.25) is 10.0 Å². The summed E-state index contributed by atoms with van der Waals surface area (Å²) in [7, 11) is -3.63. The molecule has 1 fully saturated rings. The van der Waals surface area contributed by atoms with Gasteiger partial charge in [0.25, 0.3) is 0 Å². The molecule has 1 aliphatic rings. The van der Waals surface area contributed by atoms with E-state index in [-0.39, 0.29) is 10.5 Å². The highest BCUT2D eigenvalue weighted by molar-refractivity contribution is 7.89. The van der Waals surface area contributed by atoms with Crippen LogP contribution in [0, 0.1) is 6.92 Å². The Morgan fingerprint density at radius 2 is 1.55 bits per heavy atom. The fourth-order valence-corrected chi connectivity index (χ4v) is 5.29. The van der Waals surface area contributed by atoms with E-state index in [1.165, 1.54) is 10.4 Å². The van der Waals surface area contributed by atoms with Gasteiger partial charge in [0.05, 0.1) is 10.5 Å². The Morgan fingerprint density at radius 1 is 0.879 bits per heavy atom. The number of benzene rings is 3. The van der Waals surface area contributed by atoms with Gasteiger partial charge in [-0.05, 0) is 67.3 Å². The van der Waals surface area contributed by atoms with Crippen molar-refractivity contribution >= 4 is 16.0 Å². The lowest BCUT2D eigenvalue weighted by atomic mass is 10.1. The molecule has 0 bridgehead atoms. The van der Waals surface area contributed by atoms with Crippen LogP contribution in [-0.4, -0.2) is 31.8 Å². The van der Waals surface area contributed by atoms with Gasteiger partial charge in [-0.15, -0.1) is 0 Å². The molecule has 3 aromatic rings. The maximum absolute atomic E-state index is 13.0. The van der Waals surface area contributed by atoms with Crippen molar-refractivity contribution in [2.45, 2.75) is 37.7 Å². The molecule has 6 nitrogen and oxygen atoms in total. The van der Waals surface area contributed by atoms with E-state index in [1.807, 2.05) is 30.3 Å². The van der Waals surface area contributed by atoms with Gasteiger partial charge in [-0.3, -0.25) is 0 Å². The Labute approximate surface area is 194 Å². The molecule has 1 saturated heterocycles. The Hall–Kier alpha value is -3.16. The fraction of sp³-hybridized carbons (Fsp3) is 0.269. The standard InChI is InChI=1S/C26H27NO5S/c1-20-10-15-24(33(29,30)27-16-6-3-7-17-27)18-25(20)26(28)32-23-13-11-22(12-14-23)31-19-21-8-4-2-5-9-21/h2,4-5,8-15,18H,3,6-7,16-17,19H2,1H3. The highest BCUT2D eigenvalue weighted by Crippen LogP contribution is 2.25. The summed E-state index contributed by atoms with van der Waals surface area (Å²) in [5, 5.41) is 0. The predicted molar refractivity (Wildman–Crippen MR) is 126 cm³/mol. The molecule has 3 aromatic carbocycles. The molecule has 0 amide bonds. The summed E-state index contributed by atoms with van der Waals surface area (Å²) in [6.07, 6.45) is 2.74.